The molecule has 0 aromatic carbocycles. The van der Waals surface area contributed by atoms with E-state index < -0.39 is 0 Å². The van der Waals surface area contributed by atoms with Crippen molar-refractivity contribution >= 4 is 5.91 Å². The second kappa shape index (κ2) is 6.42. The fourth-order valence-corrected chi connectivity index (χ4v) is 2.04. The predicted octanol–water partition coefficient (Wildman–Crippen LogP) is 2.52. The first-order valence-electron chi connectivity index (χ1n) is 6.46. The number of amides is 1. The number of aryl methyl sites for hydroxylation is 1. The van der Waals surface area contributed by atoms with Crippen LogP contribution >= 0.6 is 0 Å². The van der Waals surface area contributed by atoms with Crippen LogP contribution in [0.15, 0.2) is 12.3 Å². The monoisotopic (exact) mass is 237 g/mol. The Labute approximate surface area is 103 Å². The average Bonchev–Trinajstić information content (AvgIpc) is 2.78. The summed E-state index contributed by atoms with van der Waals surface area (Å²) in [5.74, 6) is 0.266. The van der Waals surface area contributed by atoms with E-state index in [9.17, 15) is 4.79 Å². The molecular weight excluding hydrogens is 214 g/mol. The Bertz CT molecular complexity index is 355. The van der Waals surface area contributed by atoms with Gasteiger partial charge in [0.15, 0.2) is 0 Å². The highest BCUT2D eigenvalue weighted by Crippen LogP contribution is 2.14. The molecular formula is C13H23N3O. The largest absolute Gasteiger partial charge is 0.348 e. The topological polar surface area (TPSA) is 46.9 Å². The minimum atomic E-state index is 0.0190. The molecule has 1 amide bonds. The highest BCUT2D eigenvalue weighted by molar-refractivity contribution is 5.78. The maximum atomic E-state index is 12.0. The lowest BCUT2D eigenvalue weighted by atomic mass is 10.0. The van der Waals surface area contributed by atoms with E-state index in [2.05, 4.69) is 24.3 Å². The summed E-state index contributed by atoms with van der Waals surface area (Å²) in [6.07, 6.45) is 3.56. The van der Waals surface area contributed by atoms with Crippen LogP contribution in [-0.2, 0) is 11.3 Å². The van der Waals surface area contributed by atoms with Crippen LogP contribution in [0.3, 0.4) is 0 Å². The number of hydrogen-bond donors (Lipinski definition) is 1. The van der Waals surface area contributed by atoms with Crippen LogP contribution in [0.5, 0.6) is 0 Å². The molecule has 1 aromatic heterocycles. The molecule has 96 valence electrons. The van der Waals surface area contributed by atoms with E-state index in [0.29, 0.717) is 0 Å². The highest BCUT2D eigenvalue weighted by Gasteiger charge is 2.18. The number of nitrogens with zero attached hydrogens (tertiary/aromatic N) is 2. The van der Waals surface area contributed by atoms with Crippen LogP contribution in [0.25, 0.3) is 0 Å². The summed E-state index contributed by atoms with van der Waals surface area (Å²) in [4.78, 5) is 12.0. The lowest BCUT2D eigenvalue weighted by Crippen LogP contribution is -2.33. The molecule has 0 aliphatic rings. The van der Waals surface area contributed by atoms with Gasteiger partial charge in [0, 0.05) is 18.7 Å². The maximum Gasteiger partial charge on any atom is 0.223 e. The molecule has 1 heterocycles. The molecule has 17 heavy (non-hydrogen) atoms. The third kappa shape index (κ3) is 3.32. The molecule has 1 rings (SSSR count). The van der Waals surface area contributed by atoms with Gasteiger partial charge in [-0.05, 0) is 32.8 Å². The van der Waals surface area contributed by atoms with E-state index in [-0.39, 0.29) is 17.9 Å². The van der Waals surface area contributed by atoms with Crippen LogP contribution in [0, 0.1) is 5.92 Å². The molecule has 1 aromatic rings. The molecule has 0 aliphatic heterocycles. The summed E-state index contributed by atoms with van der Waals surface area (Å²) in [6, 6.07) is 1.98. The third-order valence-corrected chi connectivity index (χ3v) is 3.21. The highest BCUT2D eigenvalue weighted by atomic mass is 16.1. The lowest BCUT2D eigenvalue weighted by Gasteiger charge is -2.19. The Morgan fingerprint density at radius 2 is 2.06 bits per heavy atom. The van der Waals surface area contributed by atoms with E-state index in [4.69, 9.17) is 0 Å². The smallest absolute Gasteiger partial charge is 0.223 e. The van der Waals surface area contributed by atoms with Crippen LogP contribution in [0.2, 0.25) is 0 Å². The molecule has 0 saturated carbocycles. The molecule has 0 aliphatic carbocycles. The molecule has 4 nitrogen and oxygen atoms in total. The fraction of sp³-hybridized carbons (Fsp3) is 0.692. The SMILES string of the molecule is CCC(CC)C(=O)NC(C)c1ccnn1CC. The zero-order valence-corrected chi connectivity index (χ0v) is 11.2. The summed E-state index contributed by atoms with van der Waals surface area (Å²) < 4.78 is 1.91. The predicted molar refractivity (Wildman–Crippen MR) is 68.5 cm³/mol. The van der Waals surface area contributed by atoms with E-state index in [1.807, 2.05) is 24.6 Å². The van der Waals surface area contributed by atoms with E-state index >= 15 is 0 Å². The zero-order chi connectivity index (χ0) is 12.8. The third-order valence-electron chi connectivity index (χ3n) is 3.21. The van der Waals surface area contributed by atoms with Gasteiger partial charge in [0.1, 0.15) is 0 Å². The molecule has 0 spiro atoms. The molecule has 0 radical (unpaired) electrons. The zero-order valence-electron chi connectivity index (χ0n) is 11.2. The number of nitrogens with one attached hydrogen (secondary N) is 1. The first kappa shape index (κ1) is 13.7. The van der Waals surface area contributed by atoms with Gasteiger partial charge in [-0.3, -0.25) is 9.48 Å². The van der Waals surface area contributed by atoms with Crippen molar-refractivity contribution in [2.24, 2.45) is 5.92 Å². The van der Waals surface area contributed by atoms with Gasteiger partial charge in [0.05, 0.1) is 11.7 Å². The van der Waals surface area contributed by atoms with Gasteiger partial charge in [-0.15, -0.1) is 0 Å². The standard InChI is InChI=1S/C13H23N3O/c1-5-11(6-2)13(17)15-10(4)12-8-9-14-16(12)7-3/h8-11H,5-7H2,1-4H3,(H,15,17). The summed E-state index contributed by atoms with van der Waals surface area (Å²) in [7, 11) is 0. The summed E-state index contributed by atoms with van der Waals surface area (Å²) in [6.45, 7) is 8.98. The van der Waals surface area contributed by atoms with Crippen molar-refractivity contribution in [1.82, 2.24) is 15.1 Å². The minimum absolute atomic E-state index is 0.0190. The lowest BCUT2D eigenvalue weighted by molar-refractivity contribution is -0.125. The van der Waals surface area contributed by atoms with Crippen molar-refractivity contribution in [2.45, 2.75) is 53.1 Å². The number of rotatable bonds is 6. The Hall–Kier alpha value is -1.32. The minimum Gasteiger partial charge on any atom is -0.348 e. The molecule has 1 N–H and O–H groups in total. The van der Waals surface area contributed by atoms with E-state index in [0.717, 1.165) is 25.1 Å². The Morgan fingerprint density at radius 3 is 2.59 bits per heavy atom. The van der Waals surface area contributed by atoms with Gasteiger partial charge in [-0.1, -0.05) is 13.8 Å². The summed E-state index contributed by atoms with van der Waals surface area (Å²) in [5.41, 5.74) is 1.06. The summed E-state index contributed by atoms with van der Waals surface area (Å²) >= 11 is 0. The van der Waals surface area contributed by atoms with Crippen molar-refractivity contribution in [3.63, 3.8) is 0 Å². The van der Waals surface area contributed by atoms with E-state index in [1.165, 1.54) is 0 Å². The number of hydrogen-bond acceptors (Lipinski definition) is 2. The second-order valence-electron chi connectivity index (χ2n) is 4.32. The number of carbonyl (C=O) groups excluding carboxylic acids is 1. The molecule has 0 saturated heterocycles. The molecule has 0 fully saturated rings. The second-order valence-corrected chi connectivity index (χ2v) is 4.32. The van der Waals surface area contributed by atoms with Gasteiger partial charge in [-0.25, -0.2) is 0 Å². The first-order valence-corrected chi connectivity index (χ1v) is 6.46. The van der Waals surface area contributed by atoms with Crippen molar-refractivity contribution < 1.29 is 4.79 Å². The Balaban J connectivity index is 2.66. The van der Waals surface area contributed by atoms with Gasteiger partial charge < -0.3 is 5.32 Å². The van der Waals surface area contributed by atoms with Crippen molar-refractivity contribution in [3.05, 3.63) is 18.0 Å². The average molecular weight is 237 g/mol. The van der Waals surface area contributed by atoms with Crippen LogP contribution in [-0.4, -0.2) is 15.7 Å². The van der Waals surface area contributed by atoms with Crippen molar-refractivity contribution in [1.29, 1.82) is 0 Å². The van der Waals surface area contributed by atoms with E-state index in [1.54, 1.807) is 6.20 Å². The van der Waals surface area contributed by atoms with Crippen molar-refractivity contribution in [2.75, 3.05) is 0 Å². The molecule has 1 unspecified atom stereocenters. The molecule has 4 heteroatoms. The normalized spacial score (nSPS) is 12.8. The fourth-order valence-electron chi connectivity index (χ4n) is 2.04. The Morgan fingerprint density at radius 1 is 1.41 bits per heavy atom. The maximum absolute atomic E-state index is 12.0. The van der Waals surface area contributed by atoms with Crippen LogP contribution in [0.4, 0.5) is 0 Å². The van der Waals surface area contributed by atoms with Gasteiger partial charge >= 0.3 is 0 Å². The van der Waals surface area contributed by atoms with Gasteiger partial charge in [0.25, 0.3) is 0 Å². The van der Waals surface area contributed by atoms with Crippen LogP contribution in [0.1, 0.15) is 52.3 Å². The summed E-state index contributed by atoms with van der Waals surface area (Å²) in [5, 5.41) is 7.27. The Kier molecular flexibility index (Phi) is 5.19. The van der Waals surface area contributed by atoms with Gasteiger partial charge in [-0.2, -0.15) is 5.10 Å². The molecule has 0 bridgehead atoms. The molecule has 1 atom stereocenters. The number of aromatic nitrogens is 2. The first-order chi connectivity index (χ1) is 8.13. The van der Waals surface area contributed by atoms with Crippen molar-refractivity contribution in [3.8, 4) is 0 Å². The van der Waals surface area contributed by atoms with Crippen LogP contribution < -0.4 is 5.32 Å². The number of carbonyl (C=O) groups is 1. The van der Waals surface area contributed by atoms with Gasteiger partial charge in [0.2, 0.25) is 5.91 Å². The quantitative estimate of drug-likeness (QED) is 0.826.